The number of nitrogens with one attached hydrogen (secondary N) is 1. The van der Waals surface area contributed by atoms with Crippen molar-refractivity contribution in [3.8, 4) is 11.3 Å². The number of carbonyl (C=O) groups is 4. The summed E-state index contributed by atoms with van der Waals surface area (Å²) in [5, 5.41) is 2.64. The van der Waals surface area contributed by atoms with Gasteiger partial charge in [0.2, 0.25) is 0 Å². The third-order valence-corrected chi connectivity index (χ3v) is 11.7. The van der Waals surface area contributed by atoms with E-state index in [1.165, 1.54) is 13.2 Å². The monoisotopic (exact) mass is 599 g/mol. The number of ether oxygens (including phenoxy) is 3. The average Bonchev–Trinajstić information content (AvgIpc) is 3.75. The third-order valence-electron chi connectivity index (χ3n) is 11.7. The molecule has 0 bridgehead atoms. The molecule has 230 valence electrons. The molecule has 1 N–H and O–H groups in total. The van der Waals surface area contributed by atoms with Crippen LogP contribution in [0.1, 0.15) is 62.4 Å². The van der Waals surface area contributed by atoms with Crippen LogP contribution in [0.2, 0.25) is 0 Å². The maximum atomic E-state index is 13.9. The van der Waals surface area contributed by atoms with Crippen LogP contribution < -0.4 is 5.32 Å². The van der Waals surface area contributed by atoms with Crippen LogP contribution in [-0.2, 0) is 28.6 Å². The van der Waals surface area contributed by atoms with E-state index in [1.54, 1.807) is 31.5 Å². The fraction of sp³-hybridized carbons (Fsp3) is 0.486. The van der Waals surface area contributed by atoms with Gasteiger partial charge in [-0.15, -0.1) is 0 Å². The Morgan fingerprint density at radius 2 is 1.80 bits per heavy atom. The number of ketones is 1. The summed E-state index contributed by atoms with van der Waals surface area (Å²) in [4.78, 5) is 52.4. The van der Waals surface area contributed by atoms with Gasteiger partial charge in [-0.1, -0.05) is 37.6 Å². The van der Waals surface area contributed by atoms with E-state index in [4.69, 9.17) is 18.6 Å². The van der Waals surface area contributed by atoms with Crippen molar-refractivity contribution in [3.63, 3.8) is 0 Å². The summed E-state index contributed by atoms with van der Waals surface area (Å²) >= 11 is 0. The summed E-state index contributed by atoms with van der Waals surface area (Å²) in [7, 11) is 2.96. The first-order valence-electron chi connectivity index (χ1n) is 15.2. The predicted octanol–water partition coefficient (Wildman–Crippen LogP) is 4.77. The number of methoxy groups -OCH3 is 1. The highest BCUT2D eigenvalue weighted by atomic mass is 16.6. The number of fused-ring (bicyclic) bond motifs is 4. The van der Waals surface area contributed by atoms with Gasteiger partial charge in [0.05, 0.1) is 31.3 Å². The Bertz CT molecular complexity index is 1670. The lowest BCUT2D eigenvalue weighted by Crippen LogP contribution is -2.66. The molecule has 2 unspecified atom stereocenters. The molecule has 1 aromatic carbocycles. The smallest absolute Gasteiger partial charge is 0.316 e. The Labute approximate surface area is 256 Å². The maximum absolute atomic E-state index is 13.9. The van der Waals surface area contributed by atoms with Crippen LogP contribution in [0.3, 0.4) is 0 Å². The van der Waals surface area contributed by atoms with Crippen LogP contribution in [0.15, 0.2) is 64.3 Å². The third kappa shape index (κ3) is 3.50. The molecule has 1 saturated carbocycles. The lowest BCUT2D eigenvalue weighted by molar-refractivity contribution is -0.190. The summed E-state index contributed by atoms with van der Waals surface area (Å²) in [6.45, 7) is 7.91. The van der Waals surface area contributed by atoms with Crippen molar-refractivity contribution < 1.29 is 37.8 Å². The van der Waals surface area contributed by atoms with Gasteiger partial charge in [0.15, 0.2) is 5.78 Å². The molecule has 44 heavy (non-hydrogen) atoms. The second-order valence-electron chi connectivity index (χ2n) is 13.5. The van der Waals surface area contributed by atoms with Gasteiger partial charge in [-0.2, -0.15) is 0 Å². The van der Waals surface area contributed by atoms with E-state index in [-0.39, 0.29) is 36.1 Å². The molecule has 9 nitrogen and oxygen atoms in total. The number of esters is 2. The molecule has 1 amide bonds. The van der Waals surface area contributed by atoms with Crippen LogP contribution >= 0.6 is 0 Å². The zero-order valence-corrected chi connectivity index (χ0v) is 25.8. The van der Waals surface area contributed by atoms with Crippen molar-refractivity contribution in [3.05, 3.63) is 71.0 Å². The average molecular weight is 600 g/mol. The van der Waals surface area contributed by atoms with Gasteiger partial charge in [0, 0.05) is 46.4 Å². The molecule has 7 rings (SSSR count). The van der Waals surface area contributed by atoms with E-state index >= 15 is 0 Å². The molecule has 3 fully saturated rings. The van der Waals surface area contributed by atoms with Crippen LogP contribution in [-0.4, -0.2) is 56.1 Å². The van der Waals surface area contributed by atoms with Gasteiger partial charge in [0.25, 0.3) is 5.91 Å². The van der Waals surface area contributed by atoms with E-state index in [1.807, 2.05) is 32.0 Å². The van der Waals surface area contributed by atoms with Gasteiger partial charge in [-0.3, -0.25) is 19.2 Å². The zero-order valence-electron chi connectivity index (χ0n) is 25.8. The van der Waals surface area contributed by atoms with Crippen LogP contribution in [0.5, 0.6) is 0 Å². The first kappa shape index (κ1) is 28.8. The molecule has 9 atom stereocenters. The standard InChI is InChI=1S/C35H37NO8/c1-17-21(20-12-14-42-27(20)18-7-9-19(10-8-18)31(39)36-5)15-22-26(17)35(4)23(16-25(38)41-6)34(3)24(37)11-13-33(2)29(34)28(30(35)43-22)44-32(33)40/h7-14,21-23,28-30H,15-16H2,1-6H3,(H,36,39)/t21-,22-,23-,28?,29?,30-,33-,34+,35-/m1/s1. The topological polar surface area (TPSA) is 121 Å². The van der Waals surface area contributed by atoms with Crippen molar-refractivity contribution in [2.24, 2.45) is 28.1 Å². The minimum atomic E-state index is -1.06. The molecule has 3 heterocycles. The summed E-state index contributed by atoms with van der Waals surface area (Å²) in [6.07, 6.45) is 4.09. The highest BCUT2D eigenvalue weighted by Gasteiger charge is 2.77. The molecule has 2 aliphatic heterocycles. The molecular weight excluding hydrogens is 562 g/mol. The van der Waals surface area contributed by atoms with Crippen molar-refractivity contribution in [2.45, 2.75) is 64.8 Å². The first-order chi connectivity index (χ1) is 20.9. The van der Waals surface area contributed by atoms with Crippen molar-refractivity contribution in [2.75, 3.05) is 14.2 Å². The Kier molecular flexibility index (Phi) is 6.22. The Morgan fingerprint density at radius 3 is 2.48 bits per heavy atom. The van der Waals surface area contributed by atoms with E-state index in [0.29, 0.717) is 12.0 Å². The van der Waals surface area contributed by atoms with E-state index in [2.05, 4.69) is 19.2 Å². The Hall–Kier alpha value is -3.98. The van der Waals surface area contributed by atoms with Crippen LogP contribution in [0, 0.1) is 28.1 Å². The number of benzene rings is 1. The summed E-state index contributed by atoms with van der Waals surface area (Å²) < 4.78 is 24.2. The van der Waals surface area contributed by atoms with E-state index < -0.39 is 46.3 Å². The lowest BCUT2D eigenvalue weighted by Gasteiger charge is -2.59. The predicted molar refractivity (Wildman–Crippen MR) is 158 cm³/mol. The minimum Gasteiger partial charge on any atom is -0.469 e. The molecule has 1 aromatic heterocycles. The maximum Gasteiger partial charge on any atom is 0.316 e. The summed E-state index contributed by atoms with van der Waals surface area (Å²) in [5.74, 6) is -1.32. The molecular formula is C35H37NO8. The van der Waals surface area contributed by atoms with Gasteiger partial charge in [-0.25, -0.2) is 0 Å². The number of amides is 1. The highest BCUT2D eigenvalue weighted by Crippen LogP contribution is 2.72. The second kappa shape index (κ2) is 9.51. The number of hydrogen-bond donors (Lipinski definition) is 1. The molecule has 2 saturated heterocycles. The molecule has 5 aliphatic rings. The summed E-state index contributed by atoms with van der Waals surface area (Å²) in [5.41, 5.74) is 1.75. The first-order valence-corrected chi connectivity index (χ1v) is 15.2. The normalized spacial score (nSPS) is 38.2. The molecule has 0 spiro atoms. The van der Waals surface area contributed by atoms with Crippen molar-refractivity contribution >= 4 is 23.6 Å². The quantitative estimate of drug-likeness (QED) is 0.386. The van der Waals surface area contributed by atoms with Crippen molar-refractivity contribution in [1.29, 1.82) is 0 Å². The minimum absolute atomic E-state index is 0.0131. The Balaban J connectivity index is 1.34. The van der Waals surface area contributed by atoms with Gasteiger partial charge in [-0.05, 0) is 56.0 Å². The fourth-order valence-electron chi connectivity index (χ4n) is 9.65. The number of hydrogen-bond acceptors (Lipinski definition) is 8. The number of rotatable bonds is 5. The van der Waals surface area contributed by atoms with Crippen LogP contribution in [0.4, 0.5) is 0 Å². The SMILES string of the molecule is CNC(=O)c1ccc(-c2occc2[C@@H]2C[C@H]3O[C@@H]4C5OC(=O)[C@]6(C)C=CC(=O)[C@@](C)(C56)[C@@H](CC(=O)OC)[C@]4(C)C3=C2C)cc1. The number of allylic oxidation sites excluding steroid dienone is 2. The second-order valence-corrected chi connectivity index (χ2v) is 13.5. The van der Waals surface area contributed by atoms with Gasteiger partial charge in [0.1, 0.15) is 18.0 Å². The largest absolute Gasteiger partial charge is 0.469 e. The van der Waals surface area contributed by atoms with Gasteiger partial charge >= 0.3 is 11.9 Å². The summed E-state index contributed by atoms with van der Waals surface area (Å²) in [6, 6.07) is 9.27. The fourth-order valence-corrected chi connectivity index (χ4v) is 9.65. The number of furan rings is 1. The van der Waals surface area contributed by atoms with E-state index in [9.17, 15) is 19.2 Å². The van der Waals surface area contributed by atoms with E-state index in [0.717, 1.165) is 28.0 Å². The van der Waals surface area contributed by atoms with Crippen LogP contribution in [0.25, 0.3) is 11.3 Å². The molecule has 9 heteroatoms. The molecule has 0 radical (unpaired) electrons. The highest BCUT2D eigenvalue weighted by molar-refractivity contribution is 6.00. The van der Waals surface area contributed by atoms with Crippen molar-refractivity contribution in [1.82, 2.24) is 5.32 Å². The molecule has 2 aromatic rings. The Morgan fingerprint density at radius 1 is 1.07 bits per heavy atom. The zero-order chi connectivity index (χ0) is 31.3. The molecule has 3 aliphatic carbocycles. The number of carbonyl (C=O) groups excluding carboxylic acids is 4. The lowest BCUT2D eigenvalue weighted by atomic mass is 9.42. The van der Waals surface area contributed by atoms with Gasteiger partial charge < -0.3 is 23.9 Å².